The van der Waals surface area contributed by atoms with E-state index in [-0.39, 0.29) is 24.2 Å². The van der Waals surface area contributed by atoms with Gasteiger partial charge in [0.05, 0.1) is 18.7 Å². The molecule has 0 atom stereocenters. The minimum Gasteiger partial charge on any atom is -0.391 e. The number of aliphatic hydroxyl groups is 1. The molecule has 19 heavy (non-hydrogen) atoms. The SMILES string of the molecule is CCCN(CC(=O)N(C)C)c1ncnc(Cl)c1CO. The molecule has 0 aromatic carbocycles. The second kappa shape index (κ2) is 7.25. The Labute approximate surface area is 118 Å². The van der Waals surface area contributed by atoms with Crippen molar-refractivity contribution in [1.82, 2.24) is 14.9 Å². The molecule has 1 N–H and O–H groups in total. The third kappa shape index (κ3) is 4.04. The molecular weight excluding hydrogens is 268 g/mol. The summed E-state index contributed by atoms with van der Waals surface area (Å²) in [4.78, 5) is 23.1. The number of halogens is 1. The van der Waals surface area contributed by atoms with Crippen LogP contribution in [0.15, 0.2) is 6.33 Å². The van der Waals surface area contributed by atoms with E-state index in [1.807, 2.05) is 6.92 Å². The molecule has 0 saturated heterocycles. The Kier molecular flexibility index (Phi) is 5.98. The molecule has 1 rings (SSSR count). The third-order valence-electron chi connectivity index (χ3n) is 2.65. The zero-order valence-corrected chi connectivity index (χ0v) is 12.2. The van der Waals surface area contributed by atoms with Crippen molar-refractivity contribution in [3.8, 4) is 0 Å². The van der Waals surface area contributed by atoms with Gasteiger partial charge in [-0.25, -0.2) is 9.97 Å². The molecule has 0 saturated carbocycles. The molecule has 106 valence electrons. The van der Waals surface area contributed by atoms with Gasteiger partial charge in [0.25, 0.3) is 0 Å². The Morgan fingerprint density at radius 1 is 1.42 bits per heavy atom. The van der Waals surface area contributed by atoms with Gasteiger partial charge in [-0.3, -0.25) is 4.79 Å². The lowest BCUT2D eigenvalue weighted by molar-refractivity contribution is -0.127. The highest BCUT2D eigenvalue weighted by Crippen LogP contribution is 2.23. The Balaban J connectivity index is 3.05. The molecule has 0 spiro atoms. The Bertz CT molecular complexity index is 440. The van der Waals surface area contributed by atoms with Crippen molar-refractivity contribution < 1.29 is 9.90 Å². The van der Waals surface area contributed by atoms with Crippen molar-refractivity contribution in [1.29, 1.82) is 0 Å². The lowest BCUT2D eigenvalue weighted by Gasteiger charge is -2.25. The second-order valence-electron chi connectivity index (χ2n) is 4.33. The minimum absolute atomic E-state index is 0.0351. The first-order valence-corrected chi connectivity index (χ1v) is 6.44. The summed E-state index contributed by atoms with van der Waals surface area (Å²) in [5.41, 5.74) is 0.448. The average Bonchev–Trinajstić information content (AvgIpc) is 2.37. The summed E-state index contributed by atoms with van der Waals surface area (Å²) in [6, 6.07) is 0. The fourth-order valence-corrected chi connectivity index (χ4v) is 1.81. The zero-order valence-electron chi connectivity index (χ0n) is 11.4. The van der Waals surface area contributed by atoms with Crippen LogP contribution in [0.25, 0.3) is 0 Å². The normalized spacial score (nSPS) is 10.4. The van der Waals surface area contributed by atoms with Gasteiger partial charge < -0.3 is 14.9 Å². The number of aromatic nitrogens is 2. The molecule has 1 heterocycles. The van der Waals surface area contributed by atoms with Gasteiger partial charge in [-0.15, -0.1) is 0 Å². The van der Waals surface area contributed by atoms with Gasteiger partial charge in [-0.2, -0.15) is 0 Å². The number of amides is 1. The molecule has 0 unspecified atom stereocenters. The monoisotopic (exact) mass is 286 g/mol. The number of nitrogens with zero attached hydrogens (tertiary/aromatic N) is 4. The van der Waals surface area contributed by atoms with E-state index in [0.717, 1.165) is 6.42 Å². The van der Waals surface area contributed by atoms with Gasteiger partial charge in [-0.05, 0) is 6.42 Å². The second-order valence-corrected chi connectivity index (χ2v) is 4.69. The number of hydrogen-bond acceptors (Lipinski definition) is 5. The van der Waals surface area contributed by atoms with Crippen LogP contribution in [0.3, 0.4) is 0 Å². The Morgan fingerprint density at radius 2 is 2.11 bits per heavy atom. The van der Waals surface area contributed by atoms with E-state index in [4.69, 9.17) is 11.6 Å². The molecule has 1 aromatic heterocycles. The maximum atomic E-state index is 11.8. The zero-order chi connectivity index (χ0) is 14.4. The van der Waals surface area contributed by atoms with Crippen LogP contribution in [0.4, 0.5) is 5.82 Å². The fourth-order valence-electron chi connectivity index (χ4n) is 1.63. The van der Waals surface area contributed by atoms with E-state index in [2.05, 4.69) is 9.97 Å². The van der Waals surface area contributed by atoms with E-state index < -0.39 is 0 Å². The molecule has 1 aromatic rings. The van der Waals surface area contributed by atoms with Crippen LogP contribution in [0.5, 0.6) is 0 Å². The molecule has 1 amide bonds. The number of rotatable bonds is 6. The molecule has 0 aliphatic heterocycles. The Morgan fingerprint density at radius 3 is 2.63 bits per heavy atom. The molecule has 0 bridgehead atoms. The standard InChI is InChI=1S/C12H19ClN4O2/c1-4-5-17(6-10(19)16(2)3)12-9(7-18)11(13)14-8-15-12/h8,18H,4-7H2,1-3H3. The summed E-state index contributed by atoms with van der Waals surface area (Å²) in [5.74, 6) is 0.478. The first kappa shape index (κ1) is 15.7. The third-order valence-corrected chi connectivity index (χ3v) is 2.97. The van der Waals surface area contributed by atoms with Crippen LogP contribution >= 0.6 is 11.6 Å². The molecule has 0 radical (unpaired) electrons. The van der Waals surface area contributed by atoms with Gasteiger partial charge in [0.2, 0.25) is 5.91 Å². The van der Waals surface area contributed by atoms with E-state index in [0.29, 0.717) is 17.9 Å². The van der Waals surface area contributed by atoms with Crippen LogP contribution in [0.2, 0.25) is 5.15 Å². The number of likely N-dealkylation sites (N-methyl/N-ethyl adjacent to an activating group) is 1. The number of anilines is 1. The van der Waals surface area contributed by atoms with Crippen LogP contribution in [0, 0.1) is 0 Å². The average molecular weight is 287 g/mol. The van der Waals surface area contributed by atoms with Gasteiger partial charge in [0.15, 0.2) is 0 Å². The number of carbonyl (C=O) groups excluding carboxylic acids is 1. The topological polar surface area (TPSA) is 69.6 Å². The summed E-state index contributed by atoms with van der Waals surface area (Å²) in [7, 11) is 3.40. The largest absolute Gasteiger partial charge is 0.391 e. The summed E-state index contributed by atoms with van der Waals surface area (Å²) in [6.07, 6.45) is 2.19. The quantitative estimate of drug-likeness (QED) is 0.788. The maximum Gasteiger partial charge on any atom is 0.241 e. The van der Waals surface area contributed by atoms with Crippen molar-refractivity contribution in [2.75, 3.05) is 32.1 Å². The smallest absolute Gasteiger partial charge is 0.241 e. The summed E-state index contributed by atoms with van der Waals surface area (Å²) in [6.45, 7) is 2.60. The molecular formula is C12H19ClN4O2. The molecule has 6 nitrogen and oxygen atoms in total. The van der Waals surface area contributed by atoms with Crippen molar-refractivity contribution in [3.05, 3.63) is 17.0 Å². The van der Waals surface area contributed by atoms with Gasteiger partial charge in [0, 0.05) is 20.6 Å². The lowest BCUT2D eigenvalue weighted by Crippen LogP contribution is -2.38. The Hall–Kier alpha value is -1.40. The van der Waals surface area contributed by atoms with Gasteiger partial charge in [-0.1, -0.05) is 18.5 Å². The van der Waals surface area contributed by atoms with Crippen molar-refractivity contribution in [2.45, 2.75) is 20.0 Å². The van der Waals surface area contributed by atoms with E-state index in [9.17, 15) is 9.90 Å². The highest BCUT2D eigenvalue weighted by molar-refractivity contribution is 6.30. The van der Waals surface area contributed by atoms with Crippen molar-refractivity contribution in [3.63, 3.8) is 0 Å². The van der Waals surface area contributed by atoms with Crippen LogP contribution in [-0.4, -0.2) is 53.1 Å². The maximum absolute atomic E-state index is 11.8. The first-order valence-electron chi connectivity index (χ1n) is 6.06. The van der Waals surface area contributed by atoms with E-state index in [1.165, 1.54) is 11.2 Å². The van der Waals surface area contributed by atoms with Crippen LogP contribution < -0.4 is 4.90 Å². The highest BCUT2D eigenvalue weighted by Gasteiger charge is 2.18. The summed E-state index contributed by atoms with van der Waals surface area (Å²) >= 11 is 5.94. The van der Waals surface area contributed by atoms with Crippen molar-refractivity contribution in [2.24, 2.45) is 0 Å². The highest BCUT2D eigenvalue weighted by atomic mass is 35.5. The number of carbonyl (C=O) groups is 1. The number of hydrogen-bond donors (Lipinski definition) is 1. The van der Waals surface area contributed by atoms with Crippen molar-refractivity contribution >= 4 is 23.3 Å². The lowest BCUT2D eigenvalue weighted by atomic mass is 10.2. The summed E-state index contributed by atoms with van der Waals surface area (Å²) < 4.78 is 0. The van der Waals surface area contributed by atoms with Gasteiger partial charge in [0.1, 0.15) is 17.3 Å². The van der Waals surface area contributed by atoms with Crippen LogP contribution in [0.1, 0.15) is 18.9 Å². The molecule has 0 aliphatic rings. The van der Waals surface area contributed by atoms with E-state index >= 15 is 0 Å². The number of aliphatic hydroxyl groups excluding tert-OH is 1. The predicted octanol–water partition coefficient (Wildman–Crippen LogP) is 0.927. The fraction of sp³-hybridized carbons (Fsp3) is 0.583. The predicted molar refractivity (Wildman–Crippen MR) is 74.2 cm³/mol. The molecule has 7 heteroatoms. The van der Waals surface area contributed by atoms with Gasteiger partial charge >= 0.3 is 0 Å². The molecule has 0 aliphatic carbocycles. The first-order chi connectivity index (χ1) is 9.01. The van der Waals surface area contributed by atoms with Crippen LogP contribution in [-0.2, 0) is 11.4 Å². The van der Waals surface area contributed by atoms with E-state index in [1.54, 1.807) is 19.0 Å². The minimum atomic E-state index is -0.259. The summed E-state index contributed by atoms with van der Waals surface area (Å²) in [5, 5.41) is 9.59. The molecule has 0 fully saturated rings.